The lowest BCUT2D eigenvalue weighted by Crippen LogP contribution is -2.26. The zero-order valence-corrected chi connectivity index (χ0v) is 12.9. The van der Waals surface area contributed by atoms with Crippen LogP contribution in [0.5, 0.6) is 0 Å². The van der Waals surface area contributed by atoms with Gasteiger partial charge in [0.25, 0.3) is 0 Å². The van der Waals surface area contributed by atoms with Gasteiger partial charge in [-0.15, -0.1) is 0 Å². The van der Waals surface area contributed by atoms with Crippen LogP contribution in [-0.4, -0.2) is 24.1 Å². The van der Waals surface area contributed by atoms with E-state index in [1.807, 2.05) is 41.5 Å². The summed E-state index contributed by atoms with van der Waals surface area (Å²) in [5.41, 5.74) is -0.617. The summed E-state index contributed by atoms with van der Waals surface area (Å²) in [6.07, 6.45) is 1.21. The van der Waals surface area contributed by atoms with Crippen LogP contribution in [0.4, 0.5) is 0 Å². The van der Waals surface area contributed by atoms with Gasteiger partial charge in [0.1, 0.15) is 5.60 Å². The quantitative estimate of drug-likeness (QED) is 0.721. The summed E-state index contributed by atoms with van der Waals surface area (Å²) in [4.78, 5) is 23.4. The molecule has 4 nitrogen and oxygen atoms in total. The second kappa shape index (κ2) is 5.51. The first kappa shape index (κ1) is 16.0. The third-order valence-corrected chi connectivity index (χ3v) is 3.59. The largest absolute Gasteiger partial charge is 0.465 e. The summed E-state index contributed by atoms with van der Waals surface area (Å²) < 4.78 is 10.6. The highest BCUT2D eigenvalue weighted by atomic mass is 16.6. The third kappa shape index (κ3) is 4.22. The molecular weight excluding hydrogens is 244 g/mol. The van der Waals surface area contributed by atoms with Crippen molar-refractivity contribution in [3.05, 3.63) is 0 Å². The van der Waals surface area contributed by atoms with Crippen molar-refractivity contribution in [2.75, 3.05) is 6.61 Å². The van der Waals surface area contributed by atoms with Crippen molar-refractivity contribution in [3.8, 4) is 0 Å². The Labute approximate surface area is 115 Å². The standard InChI is InChI=1S/C15H26O4/c1-7-8-11(16)18-9-10-12(15(10,5)6)13(17)19-14(2,3)4/h10,12H,7-9H2,1-6H3. The molecule has 1 rings (SSSR count). The van der Waals surface area contributed by atoms with Crippen LogP contribution < -0.4 is 0 Å². The van der Waals surface area contributed by atoms with Crippen molar-refractivity contribution in [2.45, 2.75) is 60.0 Å². The summed E-state index contributed by atoms with van der Waals surface area (Å²) in [6, 6.07) is 0. The topological polar surface area (TPSA) is 52.6 Å². The fourth-order valence-corrected chi connectivity index (χ4v) is 2.35. The summed E-state index contributed by atoms with van der Waals surface area (Å²) in [6.45, 7) is 11.9. The molecule has 2 unspecified atom stereocenters. The van der Waals surface area contributed by atoms with Crippen LogP contribution in [0.15, 0.2) is 0 Å². The highest BCUT2D eigenvalue weighted by Crippen LogP contribution is 2.59. The van der Waals surface area contributed by atoms with Gasteiger partial charge in [0.05, 0.1) is 12.5 Å². The average Bonchev–Trinajstić information content (AvgIpc) is 2.75. The van der Waals surface area contributed by atoms with Gasteiger partial charge in [-0.3, -0.25) is 9.59 Å². The van der Waals surface area contributed by atoms with Crippen LogP contribution in [0.2, 0.25) is 0 Å². The van der Waals surface area contributed by atoms with Gasteiger partial charge in [0, 0.05) is 12.3 Å². The number of hydrogen-bond acceptors (Lipinski definition) is 4. The van der Waals surface area contributed by atoms with Crippen LogP contribution >= 0.6 is 0 Å². The second-order valence-corrected chi connectivity index (χ2v) is 6.87. The predicted molar refractivity (Wildman–Crippen MR) is 72.5 cm³/mol. The van der Waals surface area contributed by atoms with E-state index in [-0.39, 0.29) is 29.2 Å². The van der Waals surface area contributed by atoms with Crippen molar-refractivity contribution < 1.29 is 19.1 Å². The fraction of sp³-hybridized carbons (Fsp3) is 0.867. The first-order chi connectivity index (χ1) is 8.59. The molecule has 0 spiro atoms. The Kier molecular flexibility index (Phi) is 4.64. The highest BCUT2D eigenvalue weighted by molar-refractivity contribution is 5.78. The molecule has 1 saturated carbocycles. The van der Waals surface area contributed by atoms with Crippen LogP contribution in [0.25, 0.3) is 0 Å². The first-order valence-electron chi connectivity index (χ1n) is 6.98. The van der Waals surface area contributed by atoms with E-state index >= 15 is 0 Å². The molecule has 0 N–H and O–H groups in total. The molecule has 4 heteroatoms. The highest BCUT2D eigenvalue weighted by Gasteiger charge is 2.63. The normalized spacial score (nSPS) is 24.7. The van der Waals surface area contributed by atoms with Gasteiger partial charge >= 0.3 is 11.9 Å². The SMILES string of the molecule is CCCC(=O)OCC1C(C(=O)OC(C)(C)C)C1(C)C. The lowest BCUT2D eigenvalue weighted by Gasteiger charge is -2.20. The van der Waals surface area contributed by atoms with Gasteiger partial charge in [0.15, 0.2) is 0 Å². The summed E-state index contributed by atoms with van der Waals surface area (Å²) in [5.74, 6) is -0.466. The van der Waals surface area contributed by atoms with E-state index in [2.05, 4.69) is 0 Å². The van der Waals surface area contributed by atoms with Crippen molar-refractivity contribution in [1.82, 2.24) is 0 Å². The monoisotopic (exact) mass is 270 g/mol. The van der Waals surface area contributed by atoms with Gasteiger partial charge in [-0.05, 0) is 32.6 Å². The lowest BCUT2D eigenvalue weighted by molar-refractivity contribution is -0.158. The molecular formula is C15H26O4. The Morgan fingerprint density at radius 2 is 1.79 bits per heavy atom. The summed E-state index contributed by atoms with van der Waals surface area (Å²) >= 11 is 0. The van der Waals surface area contributed by atoms with Gasteiger partial charge in [-0.2, -0.15) is 0 Å². The summed E-state index contributed by atoms with van der Waals surface area (Å²) in [7, 11) is 0. The van der Waals surface area contributed by atoms with Crippen molar-refractivity contribution in [3.63, 3.8) is 0 Å². The van der Waals surface area contributed by atoms with E-state index in [1.165, 1.54) is 0 Å². The first-order valence-corrected chi connectivity index (χ1v) is 6.98. The van der Waals surface area contributed by atoms with Gasteiger partial charge in [0.2, 0.25) is 0 Å². The fourth-order valence-electron chi connectivity index (χ4n) is 2.35. The Morgan fingerprint density at radius 3 is 2.26 bits per heavy atom. The van der Waals surface area contributed by atoms with Gasteiger partial charge < -0.3 is 9.47 Å². The Balaban J connectivity index is 2.49. The molecule has 110 valence electrons. The van der Waals surface area contributed by atoms with Crippen molar-refractivity contribution >= 4 is 11.9 Å². The molecule has 1 aliphatic carbocycles. The number of rotatable bonds is 5. The zero-order chi connectivity index (χ0) is 14.8. The lowest BCUT2D eigenvalue weighted by atomic mass is 10.1. The van der Waals surface area contributed by atoms with E-state index in [9.17, 15) is 9.59 Å². The van der Waals surface area contributed by atoms with Crippen LogP contribution in [0.3, 0.4) is 0 Å². The molecule has 0 aromatic rings. The molecule has 0 aromatic heterocycles. The predicted octanol–water partition coefficient (Wildman–Crippen LogP) is 2.94. The third-order valence-electron chi connectivity index (χ3n) is 3.59. The maximum atomic E-state index is 12.1. The summed E-state index contributed by atoms with van der Waals surface area (Å²) in [5, 5.41) is 0. The second-order valence-electron chi connectivity index (χ2n) is 6.87. The molecule has 1 fully saturated rings. The minimum Gasteiger partial charge on any atom is -0.465 e. The van der Waals surface area contributed by atoms with Gasteiger partial charge in [-0.25, -0.2) is 0 Å². The van der Waals surface area contributed by atoms with Crippen molar-refractivity contribution in [1.29, 1.82) is 0 Å². The van der Waals surface area contributed by atoms with Crippen LogP contribution in [0, 0.1) is 17.3 Å². The zero-order valence-electron chi connectivity index (χ0n) is 12.9. The number of hydrogen-bond donors (Lipinski definition) is 0. The molecule has 0 bridgehead atoms. The molecule has 0 aliphatic heterocycles. The van der Waals surface area contributed by atoms with E-state index in [0.717, 1.165) is 6.42 Å². The number of ether oxygens (including phenoxy) is 2. The molecule has 2 atom stereocenters. The van der Waals surface area contributed by atoms with E-state index in [0.29, 0.717) is 13.0 Å². The molecule has 0 heterocycles. The maximum Gasteiger partial charge on any atom is 0.310 e. The molecule has 0 saturated heterocycles. The Morgan fingerprint density at radius 1 is 1.21 bits per heavy atom. The number of carbonyl (C=O) groups is 2. The maximum absolute atomic E-state index is 12.1. The molecule has 0 radical (unpaired) electrons. The molecule has 19 heavy (non-hydrogen) atoms. The molecule has 0 amide bonds. The van der Waals surface area contributed by atoms with Crippen LogP contribution in [-0.2, 0) is 19.1 Å². The Bertz CT molecular complexity index is 352. The van der Waals surface area contributed by atoms with E-state index in [1.54, 1.807) is 0 Å². The average molecular weight is 270 g/mol. The van der Waals surface area contributed by atoms with Crippen molar-refractivity contribution in [2.24, 2.45) is 17.3 Å². The minimum absolute atomic E-state index is 0.0724. The number of esters is 2. The smallest absolute Gasteiger partial charge is 0.310 e. The molecule has 1 aliphatic rings. The van der Waals surface area contributed by atoms with Gasteiger partial charge in [-0.1, -0.05) is 20.8 Å². The number of carbonyl (C=O) groups excluding carboxylic acids is 2. The van der Waals surface area contributed by atoms with E-state index in [4.69, 9.17) is 9.47 Å². The van der Waals surface area contributed by atoms with Crippen LogP contribution in [0.1, 0.15) is 54.4 Å². The van der Waals surface area contributed by atoms with E-state index < -0.39 is 5.60 Å². The Hall–Kier alpha value is -1.06. The minimum atomic E-state index is -0.473. The molecule has 0 aromatic carbocycles.